The molecule has 0 fully saturated rings. The van der Waals surface area contributed by atoms with Gasteiger partial charge in [0.2, 0.25) is 11.1 Å². The largest absolute Gasteiger partial charge is 0.342 e. The van der Waals surface area contributed by atoms with Gasteiger partial charge in [0, 0.05) is 28.8 Å². The second-order valence-corrected chi connectivity index (χ2v) is 9.30. The quantitative estimate of drug-likeness (QED) is 0.242. The highest BCUT2D eigenvalue weighted by molar-refractivity contribution is 7.99. The number of nitro benzene ring substituents is 1. The highest BCUT2D eigenvalue weighted by atomic mass is 32.2. The summed E-state index contributed by atoms with van der Waals surface area (Å²) in [7, 11) is 0. The molecule has 11 nitrogen and oxygen atoms in total. The monoisotopic (exact) mass is 475 g/mol. The molecule has 1 aromatic carbocycles. The first-order valence-corrected chi connectivity index (χ1v) is 11.4. The van der Waals surface area contributed by atoms with Crippen molar-refractivity contribution >= 4 is 45.7 Å². The number of aromatic nitrogens is 4. The molecule has 2 amide bonds. The molecule has 0 saturated carbocycles. The number of thiazole rings is 1. The topological polar surface area (TPSA) is 156 Å². The number of thioether (sulfide) groups is 1. The first-order valence-electron chi connectivity index (χ1n) is 9.55. The van der Waals surface area contributed by atoms with Gasteiger partial charge in [0.1, 0.15) is 5.82 Å². The van der Waals surface area contributed by atoms with Crippen LogP contribution in [0.5, 0.6) is 0 Å². The van der Waals surface area contributed by atoms with Crippen LogP contribution in [0, 0.1) is 23.0 Å². The fourth-order valence-electron chi connectivity index (χ4n) is 2.70. The first kappa shape index (κ1) is 23.3. The zero-order chi connectivity index (χ0) is 23.3. The van der Waals surface area contributed by atoms with Crippen LogP contribution in [0.4, 0.5) is 10.8 Å². The van der Waals surface area contributed by atoms with E-state index in [0.717, 1.165) is 16.6 Å². The van der Waals surface area contributed by atoms with E-state index in [1.54, 1.807) is 6.20 Å². The van der Waals surface area contributed by atoms with Crippen molar-refractivity contribution in [2.45, 2.75) is 32.0 Å². The lowest BCUT2D eigenvalue weighted by atomic mass is 10.0. The summed E-state index contributed by atoms with van der Waals surface area (Å²) in [5.74, 6) is -0.203. The Balaban J connectivity index is 1.62. The molecule has 3 N–H and O–H groups in total. The second-order valence-electron chi connectivity index (χ2n) is 7.12. The number of H-pyrrole nitrogens is 1. The molecule has 0 bridgehead atoms. The molecule has 0 saturated heterocycles. The average molecular weight is 476 g/mol. The van der Waals surface area contributed by atoms with Crippen molar-refractivity contribution in [3.05, 3.63) is 56.8 Å². The zero-order valence-electron chi connectivity index (χ0n) is 17.5. The number of aromatic amines is 1. The number of anilines is 1. The molecule has 0 aliphatic heterocycles. The van der Waals surface area contributed by atoms with Gasteiger partial charge in [0.15, 0.2) is 5.13 Å². The Morgan fingerprint density at radius 1 is 1.34 bits per heavy atom. The van der Waals surface area contributed by atoms with Crippen molar-refractivity contribution in [2.75, 3.05) is 11.1 Å². The van der Waals surface area contributed by atoms with Crippen molar-refractivity contribution in [1.29, 1.82) is 0 Å². The van der Waals surface area contributed by atoms with Gasteiger partial charge in [-0.15, -0.1) is 16.4 Å². The maximum Gasteiger partial charge on any atom is 0.270 e. The number of carbonyl (C=O) groups excluding carboxylic acids is 2. The Morgan fingerprint density at radius 2 is 2.12 bits per heavy atom. The van der Waals surface area contributed by atoms with E-state index in [1.165, 1.54) is 35.6 Å². The summed E-state index contributed by atoms with van der Waals surface area (Å²) in [4.78, 5) is 44.6. The van der Waals surface area contributed by atoms with Gasteiger partial charge >= 0.3 is 0 Å². The number of rotatable bonds is 9. The van der Waals surface area contributed by atoms with Gasteiger partial charge < -0.3 is 10.6 Å². The third-order valence-corrected chi connectivity index (χ3v) is 5.92. The van der Waals surface area contributed by atoms with Gasteiger partial charge in [-0.25, -0.2) is 9.97 Å². The van der Waals surface area contributed by atoms with Crippen LogP contribution < -0.4 is 10.6 Å². The standard InChI is InChI=1S/C19H21N7O4S2/c1-10(2)15(22-17(28)12-5-4-6-13(7-12)26(29)30)16-23-19(25-24-16)31-9-14(27)21-18-20-8-11(3)32-18/h4-8,10,15H,9H2,1-3H3,(H,22,28)(H,20,21,27)(H,23,24,25)/t15-/m0/s1. The highest BCUT2D eigenvalue weighted by Crippen LogP contribution is 2.23. The minimum Gasteiger partial charge on any atom is -0.342 e. The number of hydrogen-bond acceptors (Lipinski definition) is 9. The van der Waals surface area contributed by atoms with Crippen LogP contribution in [0.25, 0.3) is 0 Å². The summed E-state index contributed by atoms with van der Waals surface area (Å²) in [6.45, 7) is 5.70. The van der Waals surface area contributed by atoms with Gasteiger partial charge in [0.05, 0.1) is 16.7 Å². The first-order chi connectivity index (χ1) is 15.2. The fraction of sp³-hybridized carbons (Fsp3) is 0.316. The minimum absolute atomic E-state index is 0.0418. The van der Waals surface area contributed by atoms with E-state index in [4.69, 9.17) is 0 Å². The number of amides is 2. The van der Waals surface area contributed by atoms with Gasteiger partial charge in [-0.1, -0.05) is 31.7 Å². The highest BCUT2D eigenvalue weighted by Gasteiger charge is 2.24. The number of aryl methyl sites for hydroxylation is 1. The van der Waals surface area contributed by atoms with Gasteiger partial charge in [-0.05, 0) is 18.9 Å². The summed E-state index contributed by atoms with van der Waals surface area (Å²) in [5.41, 5.74) is 0.0105. The minimum atomic E-state index is -0.553. The SMILES string of the molecule is Cc1cnc(NC(=O)CSc2n[nH]c([C@@H](NC(=O)c3cccc([N+](=O)[O-])c3)C(C)C)n2)s1. The Kier molecular flexibility index (Phi) is 7.53. The zero-order valence-corrected chi connectivity index (χ0v) is 19.1. The lowest BCUT2D eigenvalue weighted by molar-refractivity contribution is -0.384. The average Bonchev–Trinajstić information content (AvgIpc) is 3.39. The second kappa shape index (κ2) is 10.3. The van der Waals surface area contributed by atoms with Gasteiger partial charge in [-0.3, -0.25) is 24.8 Å². The number of nitro groups is 1. The van der Waals surface area contributed by atoms with Crippen molar-refractivity contribution < 1.29 is 14.5 Å². The molecule has 3 aromatic rings. The van der Waals surface area contributed by atoms with E-state index in [9.17, 15) is 19.7 Å². The number of carbonyl (C=O) groups is 2. The van der Waals surface area contributed by atoms with Crippen LogP contribution in [-0.4, -0.2) is 42.7 Å². The molecule has 0 aliphatic rings. The number of non-ortho nitro benzene ring substituents is 1. The van der Waals surface area contributed by atoms with Crippen LogP contribution in [0.1, 0.15) is 40.9 Å². The molecule has 0 aliphatic carbocycles. The Hall–Kier alpha value is -3.32. The van der Waals surface area contributed by atoms with Crippen molar-refractivity contribution in [3.8, 4) is 0 Å². The van der Waals surface area contributed by atoms with E-state index in [-0.39, 0.29) is 28.8 Å². The number of hydrogen-bond donors (Lipinski definition) is 3. The van der Waals surface area contributed by atoms with Crippen LogP contribution in [0.3, 0.4) is 0 Å². The van der Waals surface area contributed by atoms with Crippen LogP contribution in [0.2, 0.25) is 0 Å². The van der Waals surface area contributed by atoms with Gasteiger partial charge in [-0.2, -0.15) is 0 Å². The fourth-order valence-corrected chi connectivity index (χ4v) is 3.98. The summed E-state index contributed by atoms with van der Waals surface area (Å²) in [5, 5.41) is 24.3. The summed E-state index contributed by atoms with van der Waals surface area (Å²) >= 11 is 2.54. The number of nitrogens with zero attached hydrogens (tertiary/aromatic N) is 4. The molecule has 0 spiro atoms. The Morgan fingerprint density at radius 3 is 2.78 bits per heavy atom. The molecule has 0 radical (unpaired) electrons. The van der Waals surface area contributed by atoms with Crippen molar-refractivity contribution in [1.82, 2.24) is 25.5 Å². The smallest absolute Gasteiger partial charge is 0.270 e. The molecule has 168 valence electrons. The molecular formula is C19H21N7O4S2. The van der Waals surface area contributed by atoms with E-state index in [1.807, 2.05) is 20.8 Å². The molecular weight excluding hydrogens is 454 g/mol. The maximum absolute atomic E-state index is 12.6. The summed E-state index contributed by atoms with van der Waals surface area (Å²) in [6.07, 6.45) is 1.68. The predicted octanol–water partition coefficient (Wildman–Crippen LogP) is 3.34. The van der Waals surface area contributed by atoms with Crippen LogP contribution in [-0.2, 0) is 4.79 Å². The molecule has 32 heavy (non-hydrogen) atoms. The molecule has 1 atom stereocenters. The molecule has 0 unspecified atom stereocenters. The molecule has 13 heteroatoms. The molecule has 2 heterocycles. The van der Waals surface area contributed by atoms with E-state index in [0.29, 0.717) is 16.1 Å². The molecule has 2 aromatic heterocycles. The van der Waals surface area contributed by atoms with Crippen molar-refractivity contribution in [2.24, 2.45) is 5.92 Å². The normalized spacial score (nSPS) is 11.9. The lowest BCUT2D eigenvalue weighted by Gasteiger charge is -2.19. The summed E-state index contributed by atoms with van der Waals surface area (Å²) < 4.78 is 0. The Labute approximate surface area is 191 Å². The maximum atomic E-state index is 12.6. The van der Waals surface area contributed by atoms with E-state index >= 15 is 0 Å². The summed E-state index contributed by atoms with van der Waals surface area (Å²) in [6, 6.07) is 5.00. The van der Waals surface area contributed by atoms with E-state index in [2.05, 4.69) is 30.8 Å². The van der Waals surface area contributed by atoms with Crippen LogP contribution >= 0.6 is 23.1 Å². The third-order valence-electron chi connectivity index (χ3n) is 4.25. The Bertz CT molecular complexity index is 1130. The number of nitrogens with one attached hydrogen (secondary N) is 3. The van der Waals surface area contributed by atoms with Gasteiger partial charge in [0.25, 0.3) is 11.6 Å². The lowest BCUT2D eigenvalue weighted by Crippen LogP contribution is -2.32. The van der Waals surface area contributed by atoms with Crippen molar-refractivity contribution in [3.63, 3.8) is 0 Å². The van der Waals surface area contributed by atoms with E-state index < -0.39 is 16.9 Å². The third kappa shape index (κ3) is 6.11. The van der Waals surface area contributed by atoms with Crippen LogP contribution in [0.15, 0.2) is 35.6 Å². The predicted molar refractivity (Wildman–Crippen MR) is 121 cm³/mol. The molecule has 3 rings (SSSR count). The number of benzene rings is 1.